The second-order valence-electron chi connectivity index (χ2n) is 8.59. The smallest absolute Gasteiger partial charge is 0.257 e. The molecule has 1 amide bonds. The lowest BCUT2D eigenvalue weighted by atomic mass is 9.91. The molecule has 0 spiro atoms. The average Bonchev–Trinajstić information content (AvgIpc) is 2.88. The van der Waals surface area contributed by atoms with Crippen molar-refractivity contribution >= 4 is 46.6 Å². The van der Waals surface area contributed by atoms with E-state index in [4.69, 9.17) is 21.3 Å². The normalized spacial score (nSPS) is 17.2. The standard InChI is InChI=1S/C27H24ClFN4O2.ClH/c28-22-16-20(12-13-23(22)29)35-27-21(5-3-15-30-27)26(34)32-19-10-8-18(9-11-19)31-25-14-7-17-4-1-2-6-24(17)33-25;/h1-7,12-16,18-19H,8-11H2,(H,31,33)(H,32,34);1H. The highest BCUT2D eigenvalue weighted by Crippen LogP contribution is 2.28. The van der Waals surface area contributed by atoms with Gasteiger partial charge < -0.3 is 15.4 Å². The highest BCUT2D eigenvalue weighted by atomic mass is 35.5. The molecule has 0 saturated heterocycles. The number of anilines is 1. The van der Waals surface area contributed by atoms with Crippen LogP contribution in [0.3, 0.4) is 0 Å². The summed E-state index contributed by atoms with van der Waals surface area (Å²) in [6.45, 7) is 0. The number of fused-ring (bicyclic) bond motifs is 1. The molecule has 0 bridgehead atoms. The van der Waals surface area contributed by atoms with Crippen LogP contribution in [0.25, 0.3) is 10.9 Å². The SMILES string of the molecule is Cl.O=C(NC1CCC(Nc2ccc3ccccc3n2)CC1)c1cccnc1Oc1ccc(F)c(Cl)c1. The molecule has 1 fully saturated rings. The predicted molar refractivity (Wildman–Crippen MR) is 142 cm³/mol. The first-order chi connectivity index (χ1) is 17.0. The van der Waals surface area contributed by atoms with E-state index in [1.54, 1.807) is 12.1 Å². The number of hydrogen-bond acceptors (Lipinski definition) is 5. The van der Waals surface area contributed by atoms with E-state index in [0.29, 0.717) is 17.4 Å². The van der Waals surface area contributed by atoms with E-state index in [1.807, 2.05) is 30.3 Å². The van der Waals surface area contributed by atoms with Gasteiger partial charge in [-0.15, -0.1) is 12.4 Å². The van der Waals surface area contributed by atoms with Crippen molar-refractivity contribution in [3.8, 4) is 11.6 Å². The van der Waals surface area contributed by atoms with Gasteiger partial charge in [-0.05, 0) is 68.1 Å². The molecule has 0 unspecified atom stereocenters. The van der Waals surface area contributed by atoms with E-state index < -0.39 is 5.82 Å². The summed E-state index contributed by atoms with van der Waals surface area (Å²) in [4.78, 5) is 21.9. The average molecular weight is 527 g/mol. The van der Waals surface area contributed by atoms with Crippen molar-refractivity contribution in [2.75, 3.05) is 5.32 Å². The highest BCUT2D eigenvalue weighted by Gasteiger charge is 2.24. The maximum absolute atomic E-state index is 13.4. The third kappa shape index (κ3) is 6.04. The van der Waals surface area contributed by atoms with Gasteiger partial charge >= 0.3 is 0 Å². The summed E-state index contributed by atoms with van der Waals surface area (Å²) in [7, 11) is 0. The largest absolute Gasteiger partial charge is 0.438 e. The molecule has 2 aromatic carbocycles. The number of benzene rings is 2. The number of carbonyl (C=O) groups is 1. The topological polar surface area (TPSA) is 76.1 Å². The van der Waals surface area contributed by atoms with E-state index in [9.17, 15) is 9.18 Å². The first-order valence-electron chi connectivity index (χ1n) is 11.6. The minimum atomic E-state index is -0.542. The van der Waals surface area contributed by atoms with Gasteiger partial charge in [-0.25, -0.2) is 14.4 Å². The number of aromatic nitrogens is 2. The molecule has 2 N–H and O–H groups in total. The summed E-state index contributed by atoms with van der Waals surface area (Å²) in [5.41, 5.74) is 1.28. The number of amides is 1. The number of halogens is 3. The lowest BCUT2D eigenvalue weighted by Crippen LogP contribution is -2.40. The van der Waals surface area contributed by atoms with Crippen molar-refractivity contribution in [1.82, 2.24) is 15.3 Å². The van der Waals surface area contributed by atoms with Crippen LogP contribution >= 0.6 is 24.0 Å². The van der Waals surface area contributed by atoms with E-state index in [0.717, 1.165) is 42.4 Å². The summed E-state index contributed by atoms with van der Waals surface area (Å²) < 4.78 is 19.2. The number of nitrogens with one attached hydrogen (secondary N) is 2. The van der Waals surface area contributed by atoms with E-state index in [1.165, 1.54) is 24.4 Å². The van der Waals surface area contributed by atoms with Crippen LogP contribution in [-0.4, -0.2) is 28.0 Å². The Morgan fingerprint density at radius 1 is 0.972 bits per heavy atom. The number of rotatable bonds is 6. The number of ether oxygens (including phenoxy) is 1. The van der Waals surface area contributed by atoms with Crippen LogP contribution < -0.4 is 15.4 Å². The Bertz CT molecular complexity index is 1360. The quantitative estimate of drug-likeness (QED) is 0.289. The van der Waals surface area contributed by atoms with Gasteiger partial charge in [-0.3, -0.25) is 4.79 Å². The summed E-state index contributed by atoms with van der Waals surface area (Å²) in [6.07, 6.45) is 5.07. The van der Waals surface area contributed by atoms with Gasteiger partial charge in [0.25, 0.3) is 5.91 Å². The summed E-state index contributed by atoms with van der Waals surface area (Å²) >= 11 is 5.84. The molecule has 1 aliphatic carbocycles. The predicted octanol–water partition coefficient (Wildman–Crippen LogP) is 6.79. The van der Waals surface area contributed by atoms with Crippen molar-refractivity contribution in [2.24, 2.45) is 0 Å². The molecular weight excluding hydrogens is 502 g/mol. The van der Waals surface area contributed by atoms with Crippen molar-refractivity contribution in [3.63, 3.8) is 0 Å². The van der Waals surface area contributed by atoms with Crippen LogP contribution in [-0.2, 0) is 0 Å². The molecule has 5 rings (SSSR count). The second kappa shape index (κ2) is 11.5. The molecular formula is C27H25Cl2FN4O2. The second-order valence-corrected chi connectivity index (χ2v) is 9.00. The van der Waals surface area contributed by atoms with Gasteiger partial charge in [-0.1, -0.05) is 29.8 Å². The summed E-state index contributed by atoms with van der Waals surface area (Å²) in [5.74, 6) is 0.520. The number of carbonyl (C=O) groups excluding carboxylic acids is 1. The fourth-order valence-corrected chi connectivity index (χ4v) is 4.47. The molecule has 186 valence electrons. The molecule has 4 aromatic rings. The Labute approximate surface area is 219 Å². The molecule has 0 aliphatic heterocycles. The van der Waals surface area contributed by atoms with Crippen LogP contribution in [0.4, 0.5) is 10.2 Å². The molecule has 36 heavy (non-hydrogen) atoms. The minimum Gasteiger partial charge on any atom is -0.438 e. The molecule has 9 heteroatoms. The molecule has 1 saturated carbocycles. The molecule has 2 aromatic heterocycles. The number of pyridine rings is 2. The van der Waals surface area contributed by atoms with Crippen LogP contribution in [0.15, 0.2) is 72.9 Å². The van der Waals surface area contributed by atoms with E-state index >= 15 is 0 Å². The maximum atomic E-state index is 13.4. The molecule has 2 heterocycles. The van der Waals surface area contributed by atoms with E-state index in [-0.39, 0.29) is 35.3 Å². The fraction of sp³-hybridized carbons (Fsp3) is 0.222. The Morgan fingerprint density at radius 3 is 2.56 bits per heavy atom. The molecule has 0 radical (unpaired) electrons. The van der Waals surface area contributed by atoms with Crippen LogP contribution in [0.1, 0.15) is 36.0 Å². The zero-order valence-corrected chi connectivity index (χ0v) is 20.9. The van der Waals surface area contributed by atoms with Crippen molar-refractivity contribution in [2.45, 2.75) is 37.8 Å². The lowest BCUT2D eigenvalue weighted by molar-refractivity contribution is 0.0923. The van der Waals surface area contributed by atoms with Crippen molar-refractivity contribution < 1.29 is 13.9 Å². The van der Waals surface area contributed by atoms with Gasteiger partial charge in [-0.2, -0.15) is 0 Å². The van der Waals surface area contributed by atoms with Gasteiger partial charge in [0.05, 0.1) is 10.5 Å². The molecule has 6 nitrogen and oxygen atoms in total. The highest BCUT2D eigenvalue weighted by molar-refractivity contribution is 6.30. The van der Waals surface area contributed by atoms with Gasteiger partial charge in [0.2, 0.25) is 5.88 Å². The maximum Gasteiger partial charge on any atom is 0.257 e. The summed E-state index contributed by atoms with van der Waals surface area (Å²) in [5, 5.41) is 7.69. The van der Waals surface area contributed by atoms with Crippen molar-refractivity contribution in [1.29, 1.82) is 0 Å². The first-order valence-corrected chi connectivity index (χ1v) is 11.9. The van der Waals surface area contributed by atoms with Crippen LogP contribution in [0, 0.1) is 5.82 Å². The third-order valence-corrected chi connectivity index (χ3v) is 6.42. The Morgan fingerprint density at radius 2 is 1.75 bits per heavy atom. The Balaban J connectivity index is 0.00000304. The third-order valence-electron chi connectivity index (χ3n) is 6.13. The molecule has 0 atom stereocenters. The van der Waals surface area contributed by atoms with E-state index in [2.05, 4.69) is 21.7 Å². The van der Waals surface area contributed by atoms with Gasteiger partial charge in [0, 0.05) is 29.7 Å². The van der Waals surface area contributed by atoms with Crippen molar-refractivity contribution in [3.05, 3.63) is 89.3 Å². The molecule has 1 aliphatic rings. The zero-order chi connectivity index (χ0) is 24.2. The number of hydrogen-bond donors (Lipinski definition) is 2. The number of para-hydroxylation sites is 1. The first kappa shape index (κ1) is 25.7. The Hall–Kier alpha value is -3.42. The minimum absolute atomic E-state index is 0. The Kier molecular flexibility index (Phi) is 8.23. The van der Waals surface area contributed by atoms with Crippen LogP contribution in [0.2, 0.25) is 5.02 Å². The fourth-order valence-electron chi connectivity index (χ4n) is 4.30. The summed E-state index contributed by atoms with van der Waals surface area (Å²) in [6, 6.07) is 19.8. The van der Waals surface area contributed by atoms with Gasteiger partial charge in [0.15, 0.2) is 0 Å². The van der Waals surface area contributed by atoms with Gasteiger partial charge in [0.1, 0.15) is 22.9 Å². The number of nitrogens with zero attached hydrogens (tertiary/aromatic N) is 2. The zero-order valence-electron chi connectivity index (χ0n) is 19.3. The van der Waals surface area contributed by atoms with Crippen LogP contribution in [0.5, 0.6) is 11.6 Å². The lowest BCUT2D eigenvalue weighted by Gasteiger charge is -2.30. The monoisotopic (exact) mass is 526 g/mol.